The summed E-state index contributed by atoms with van der Waals surface area (Å²) in [6.45, 7) is 3.89. The molecule has 1 aliphatic heterocycles. The molecule has 0 spiro atoms. The SMILES string of the molecule is CCC(NC(=O)CNc1cccc(C(=O)N2CCCCCC2)c1)c1ccccc1. The summed E-state index contributed by atoms with van der Waals surface area (Å²) in [7, 11) is 0. The van der Waals surface area contributed by atoms with Gasteiger partial charge in [-0.3, -0.25) is 9.59 Å². The number of nitrogens with zero attached hydrogens (tertiary/aromatic N) is 1. The molecule has 1 aliphatic rings. The molecule has 5 nitrogen and oxygen atoms in total. The summed E-state index contributed by atoms with van der Waals surface area (Å²) in [6.07, 6.45) is 5.37. The van der Waals surface area contributed by atoms with E-state index in [0.717, 1.165) is 43.6 Å². The highest BCUT2D eigenvalue weighted by atomic mass is 16.2. The van der Waals surface area contributed by atoms with Crippen molar-refractivity contribution in [2.24, 2.45) is 0 Å². The molecule has 0 saturated carbocycles. The molecule has 1 saturated heterocycles. The van der Waals surface area contributed by atoms with Crippen LogP contribution in [0.3, 0.4) is 0 Å². The Labute approximate surface area is 173 Å². The van der Waals surface area contributed by atoms with Gasteiger partial charge >= 0.3 is 0 Å². The second kappa shape index (κ2) is 10.6. The van der Waals surface area contributed by atoms with Crippen LogP contribution in [0, 0.1) is 0 Å². The first-order chi connectivity index (χ1) is 14.2. The zero-order chi connectivity index (χ0) is 20.5. The fourth-order valence-electron chi connectivity index (χ4n) is 3.75. The van der Waals surface area contributed by atoms with Gasteiger partial charge in [-0.1, -0.05) is 56.2 Å². The van der Waals surface area contributed by atoms with E-state index in [1.165, 1.54) is 12.8 Å². The number of rotatable bonds is 7. The normalized spacial score (nSPS) is 15.3. The van der Waals surface area contributed by atoms with Gasteiger partial charge in [-0.25, -0.2) is 0 Å². The molecule has 0 bridgehead atoms. The highest BCUT2D eigenvalue weighted by molar-refractivity contribution is 5.95. The maximum atomic E-state index is 12.8. The number of hydrogen-bond acceptors (Lipinski definition) is 3. The van der Waals surface area contributed by atoms with Crippen LogP contribution in [-0.2, 0) is 4.79 Å². The average molecular weight is 394 g/mol. The van der Waals surface area contributed by atoms with Gasteiger partial charge in [0.25, 0.3) is 5.91 Å². The molecule has 3 rings (SSSR count). The van der Waals surface area contributed by atoms with Gasteiger partial charge in [0, 0.05) is 24.3 Å². The second-order valence-corrected chi connectivity index (χ2v) is 7.58. The summed E-state index contributed by atoms with van der Waals surface area (Å²) < 4.78 is 0. The second-order valence-electron chi connectivity index (χ2n) is 7.58. The Balaban J connectivity index is 1.56. The summed E-state index contributed by atoms with van der Waals surface area (Å²) in [5, 5.41) is 6.23. The van der Waals surface area contributed by atoms with Crippen molar-refractivity contribution >= 4 is 17.5 Å². The molecule has 2 aromatic rings. The van der Waals surface area contributed by atoms with Crippen molar-refractivity contribution in [1.82, 2.24) is 10.2 Å². The number of amides is 2. The van der Waals surface area contributed by atoms with Crippen LogP contribution in [0.5, 0.6) is 0 Å². The Kier molecular flexibility index (Phi) is 7.68. The first kappa shape index (κ1) is 20.9. The summed E-state index contributed by atoms with van der Waals surface area (Å²) in [5.41, 5.74) is 2.56. The van der Waals surface area contributed by atoms with Gasteiger partial charge < -0.3 is 15.5 Å². The van der Waals surface area contributed by atoms with Crippen LogP contribution < -0.4 is 10.6 Å². The molecule has 2 N–H and O–H groups in total. The van der Waals surface area contributed by atoms with Gasteiger partial charge in [-0.2, -0.15) is 0 Å². The van der Waals surface area contributed by atoms with Gasteiger partial charge in [-0.05, 0) is 43.0 Å². The number of benzene rings is 2. The molecule has 0 aliphatic carbocycles. The Morgan fingerprint density at radius 1 is 0.966 bits per heavy atom. The van der Waals surface area contributed by atoms with Crippen molar-refractivity contribution in [2.45, 2.75) is 45.1 Å². The molecule has 0 radical (unpaired) electrons. The predicted octanol–water partition coefficient (Wildman–Crippen LogP) is 4.38. The lowest BCUT2D eigenvalue weighted by Gasteiger charge is -2.21. The molecular formula is C24H31N3O2. The maximum Gasteiger partial charge on any atom is 0.253 e. The van der Waals surface area contributed by atoms with Crippen LogP contribution in [0.2, 0.25) is 0 Å². The van der Waals surface area contributed by atoms with Crippen molar-refractivity contribution in [1.29, 1.82) is 0 Å². The van der Waals surface area contributed by atoms with E-state index in [0.29, 0.717) is 5.56 Å². The number of hydrogen-bond donors (Lipinski definition) is 2. The van der Waals surface area contributed by atoms with Crippen LogP contribution >= 0.6 is 0 Å². The third kappa shape index (κ3) is 6.08. The number of carbonyl (C=O) groups excluding carboxylic acids is 2. The van der Waals surface area contributed by atoms with E-state index in [2.05, 4.69) is 17.6 Å². The Morgan fingerprint density at radius 2 is 1.69 bits per heavy atom. The minimum absolute atomic E-state index is 0.00134. The first-order valence-corrected chi connectivity index (χ1v) is 10.6. The molecule has 2 aromatic carbocycles. The summed E-state index contributed by atoms with van der Waals surface area (Å²) >= 11 is 0. The summed E-state index contributed by atoms with van der Waals surface area (Å²) in [5.74, 6) is 0.0140. The Hall–Kier alpha value is -2.82. The Bertz CT molecular complexity index is 799. The van der Waals surface area contributed by atoms with Gasteiger partial charge in [-0.15, -0.1) is 0 Å². The predicted molar refractivity (Wildman–Crippen MR) is 117 cm³/mol. The fraction of sp³-hybridized carbons (Fsp3) is 0.417. The standard InChI is InChI=1S/C24H31N3O2/c1-2-22(19-11-6-5-7-12-19)26-23(28)18-25-21-14-10-13-20(17-21)24(29)27-15-8-3-4-9-16-27/h5-7,10-14,17,22,25H,2-4,8-9,15-16,18H2,1H3,(H,26,28). The highest BCUT2D eigenvalue weighted by Crippen LogP contribution is 2.17. The van der Waals surface area contributed by atoms with E-state index in [4.69, 9.17) is 0 Å². The molecule has 5 heteroatoms. The number of carbonyl (C=O) groups is 2. The van der Waals surface area contributed by atoms with Crippen molar-refractivity contribution in [3.63, 3.8) is 0 Å². The third-order valence-electron chi connectivity index (χ3n) is 5.40. The average Bonchev–Trinajstić information content (AvgIpc) is 3.06. The lowest BCUT2D eigenvalue weighted by Crippen LogP contribution is -2.33. The monoisotopic (exact) mass is 393 g/mol. The molecule has 29 heavy (non-hydrogen) atoms. The van der Waals surface area contributed by atoms with Crippen molar-refractivity contribution in [3.05, 3.63) is 65.7 Å². The van der Waals surface area contributed by atoms with Crippen LogP contribution in [0.1, 0.15) is 61.0 Å². The molecule has 1 heterocycles. The van der Waals surface area contributed by atoms with Crippen LogP contribution in [0.4, 0.5) is 5.69 Å². The maximum absolute atomic E-state index is 12.8. The third-order valence-corrected chi connectivity index (χ3v) is 5.40. The van der Waals surface area contributed by atoms with E-state index >= 15 is 0 Å². The minimum atomic E-state index is -0.0649. The van der Waals surface area contributed by atoms with Gasteiger partial charge in [0.2, 0.25) is 5.91 Å². The number of anilines is 1. The quantitative estimate of drug-likeness (QED) is 0.734. The van der Waals surface area contributed by atoms with E-state index in [1.54, 1.807) is 0 Å². The zero-order valence-corrected chi connectivity index (χ0v) is 17.2. The highest BCUT2D eigenvalue weighted by Gasteiger charge is 2.17. The molecule has 1 fully saturated rings. The lowest BCUT2D eigenvalue weighted by molar-refractivity contribution is -0.120. The van der Waals surface area contributed by atoms with E-state index in [9.17, 15) is 9.59 Å². The fourth-order valence-corrected chi connectivity index (χ4v) is 3.75. The van der Waals surface area contributed by atoms with Crippen molar-refractivity contribution in [3.8, 4) is 0 Å². The lowest BCUT2D eigenvalue weighted by atomic mass is 10.0. The first-order valence-electron chi connectivity index (χ1n) is 10.6. The smallest absolute Gasteiger partial charge is 0.253 e. The van der Waals surface area contributed by atoms with Crippen LogP contribution in [0.15, 0.2) is 54.6 Å². The molecule has 1 atom stereocenters. The number of nitrogens with one attached hydrogen (secondary N) is 2. The van der Waals surface area contributed by atoms with Gasteiger partial charge in [0.05, 0.1) is 12.6 Å². The molecule has 1 unspecified atom stereocenters. The topological polar surface area (TPSA) is 61.4 Å². The van der Waals surface area contributed by atoms with E-state index in [1.807, 2.05) is 59.5 Å². The zero-order valence-electron chi connectivity index (χ0n) is 17.2. The summed E-state index contributed by atoms with van der Waals surface area (Å²) in [6, 6.07) is 17.4. The molecular weight excluding hydrogens is 362 g/mol. The van der Waals surface area contributed by atoms with E-state index < -0.39 is 0 Å². The number of likely N-dealkylation sites (tertiary alicyclic amines) is 1. The molecule has 154 valence electrons. The van der Waals surface area contributed by atoms with Gasteiger partial charge in [0.1, 0.15) is 0 Å². The van der Waals surface area contributed by atoms with E-state index in [-0.39, 0.29) is 24.4 Å². The molecule has 2 amide bonds. The molecule has 0 aromatic heterocycles. The van der Waals surface area contributed by atoms with Gasteiger partial charge in [0.15, 0.2) is 0 Å². The van der Waals surface area contributed by atoms with Crippen molar-refractivity contribution < 1.29 is 9.59 Å². The largest absolute Gasteiger partial charge is 0.376 e. The van der Waals surface area contributed by atoms with Crippen molar-refractivity contribution in [2.75, 3.05) is 25.0 Å². The van der Waals surface area contributed by atoms with Crippen LogP contribution in [-0.4, -0.2) is 36.3 Å². The summed E-state index contributed by atoms with van der Waals surface area (Å²) in [4.78, 5) is 27.2. The Morgan fingerprint density at radius 3 is 2.38 bits per heavy atom. The minimum Gasteiger partial charge on any atom is -0.376 e. The van der Waals surface area contributed by atoms with Crippen LogP contribution in [0.25, 0.3) is 0 Å².